The summed E-state index contributed by atoms with van der Waals surface area (Å²) in [5, 5.41) is 39.5. The fourth-order valence-corrected chi connectivity index (χ4v) is 2.13. The minimum atomic E-state index is -4.92. The van der Waals surface area contributed by atoms with Crippen LogP contribution in [0.5, 0.6) is 0 Å². The monoisotopic (exact) mass is 976 g/mol. The average molecular weight is 975 g/mol. The topological polar surface area (TPSA) is 161 Å². The van der Waals surface area contributed by atoms with Gasteiger partial charge in [-0.2, -0.15) is 52.7 Å². The van der Waals surface area contributed by atoms with Crippen LogP contribution in [0.2, 0.25) is 0 Å². The molecule has 8 nitrogen and oxygen atoms in total. The van der Waals surface area contributed by atoms with Crippen molar-refractivity contribution in [2.24, 2.45) is 0 Å². The van der Waals surface area contributed by atoms with E-state index < -0.39 is 70.9 Å². The minimum Gasteiger partial charge on any atom is -0.869 e. The van der Waals surface area contributed by atoms with Crippen LogP contribution in [-0.2, 0) is 45.0 Å². The van der Waals surface area contributed by atoms with Crippen molar-refractivity contribution in [2.75, 3.05) is 0 Å². The normalized spacial score (nSPS) is 12.0. The molecule has 21 heteroatoms. The summed E-state index contributed by atoms with van der Waals surface area (Å²) in [6.07, 6.45) is -19.6. The molecule has 0 N–H and O–H groups in total. The maximum Gasteiger partial charge on any atom is 4.00 e. The van der Waals surface area contributed by atoms with Gasteiger partial charge in [-0.1, -0.05) is 71.8 Å². The Morgan fingerprint density at radius 2 is 0.545 bits per heavy atom. The largest absolute Gasteiger partial charge is 4.00 e. The van der Waals surface area contributed by atoms with Crippen LogP contribution in [0.25, 0.3) is 0 Å². The summed E-state index contributed by atoms with van der Waals surface area (Å²) >= 11 is 0. The maximum atomic E-state index is 11.3. The van der Waals surface area contributed by atoms with Crippen molar-refractivity contribution >= 4 is 23.1 Å². The predicted molar refractivity (Wildman–Crippen MR) is 162 cm³/mol. The summed E-state index contributed by atoms with van der Waals surface area (Å²) in [5.74, 6) is -12.0. The van der Waals surface area contributed by atoms with Gasteiger partial charge >= 0.3 is 50.5 Å². The van der Waals surface area contributed by atoms with E-state index in [2.05, 4.69) is 38.1 Å². The Morgan fingerprint density at radius 3 is 0.600 bits per heavy atom. The van der Waals surface area contributed by atoms with E-state index in [0.29, 0.717) is 0 Å². The van der Waals surface area contributed by atoms with Gasteiger partial charge in [0.1, 0.15) is 0 Å². The maximum absolute atomic E-state index is 11.3. The number of aryl methyl sites for hydroxylation is 2. The van der Waals surface area contributed by atoms with E-state index in [0.717, 1.165) is 27.7 Å². The molecule has 0 aliphatic rings. The van der Waals surface area contributed by atoms with E-state index in [9.17, 15) is 92.3 Å². The molecule has 0 amide bonds. The predicted octanol–water partition coefficient (Wildman–Crippen LogP) is 5.52. The minimum absolute atomic E-state index is 0. The van der Waals surface area contributed by atoms with E-state index in [1.165, 1.54) is 11.1 Å². The first-order valence-corrected chi connectivity index (χ1v) is 14.0. The van der Waals surface area contributed by atoms with Gasteiger partial charge in [-0.25, -0.2) is 0 Å². The molecule has 2 aromatic rings. The number of hydrogen-bond acceptors (Lipinski definition) is 8. The van der Waals surface area contributed by atoms with Gasteiger partial charge < -0.3 is 20.4 Å². The molecule has 0 saturated heterocycles. The Balaban J connectivity index is -0.000000182. The molecule has 0 spiro atoms. The summed E-state index contributed by atoms with van der Waals surface area (Å²) in [5.41, 5.74) is 2.64. The quantitative estimate of drug-likeness (QED) is 0.168. The standard InChI is InChI=1S/2C7H8.4C5H5F3O2.Hf/c2*1-7-5-3-2-4-6-7;4*1-3(9)2-4(10)5(6,7)8;/h2*2-6H,1H3;4*2,10H,1H3;/q;;;;;;+4/p-4/b;;4*4-2-;. The third-order valence-electron chi connectivity index (χ3n) is 4.34. The number of halogens is 12. The molecule has 0 unspecified atom stereocenters. The molecule has 2 rings (SSSR count). The Kier molecular flexibility index (Phi) is 31.1. The number of allylic oxidation sites excluding steroid dienone is 8. The number of alkyl halides is 12. The fraction of sp³-hybridized carbons (Fsp3) is 0.294. The van der Waals surface area contributed by atoms with E-state index in [-0.39, 0.29) is 50.1 Å². The summed E-state index contributed by atoms with van der Waals surface area (Å²) < 4.78 is 135. The number of ketones is 4. The number of hydrogen-bond donors (Lipinski definition) is 0. The van der Waals surface area contributed by atoms with Gasteiger partial charge in [0, 0.05) is 0 Å². The SMILES string of the molecule is CC(=O)/C=C(\[O-])C(F)(F)F.CC(=O)/C=C(\[O-])C(F)(F)F.CC(=O)/C=C(\[O-])C(F)(F)F.CC(=O)/C=C(\[O-])C(F)(F)F.Cc1ccccc1.Cc1ccccc1.[Hf+4]. The van der Waals surface area contributed by atoms with Crippen LogP contribution in [0.15, 0.2) is 108 Å². The molecule has 0 radical (unpaired) electrons. The molecular formula is C34H32F12HfO8. The van der Waals surface area contributed by atoms with Gasteiger partial charge in [0.25, 0.3) is 0 Å². The fourth-order valence-electron chi connectivity index (χ4n) is 2.13. The van der Waals surface area contributed by atoms with E-state index in [1.807, 2.05) is 36.4 Å². The first kappa shape index (κ1) is 59.6. The number of carbonyl (C=O) groups excluding carboxylic acids is 4. The Morgan fingerprint density at radius 1 is 0.400 bits per heavy atom. The molecule has 0 aliphatic heterocycles. The molecule has 0 saturated carbocycles. The van der Waals surface area contributed by atoms with Crippen LogP contribution >= 0.6 is 0 Å². The molecule has 2 aromatic carbocycles. The Labute approximate surface area is 326 Å². The molecule has 304 valence electrons. The number of benzene rings is 2. The molecule has 0 aromatic heterocycles. The van der Waals surface area contributed by atoms with Crippen molar-refractivity contribution in [2.45, 2.75) is 66.2 Å². The zero-order valence-electron chi connectivity index (χ0n) is 29.4. The van der Waals surface area contributed by atoms with Crippen molar-refractivity contribution in [3.63, 3.8) is 0 Å². The molecule has 0 fully saturated rings. The van der Waals surface area contributed by atoms with Crippen molar-refractivity contribution in [3.8, 4) is 0 Å². The third kappa shape index (κ3) is 41.9. The zero-order valence-corrected chi connectivity index (χ0v) is 33.0. The molecular weight excluding hydrogens is 943 g/mol. The van der Waals surface area contributed by atoms with Gasteiger partial charge in [-0.15, -0.1) is 0 Å². The van der Waals surface area contributed by atoms with Gasteiger partial charge in [-0.3, -0.25) is 19.2 Å². The Hall–Kier alpha value is -4.69. The molecule has 0 atom stereocenters. The zero-order chi connectivity index (χ0) is 43.7. The second-order valence-corrected chi connectivity index (χ2v) is 9.78. The van der Waals surface area contributed by atoms with E-state index >= 15 is 0 Å². The first-order chi connectivity index (χ1) is 24.1. The first-order valence-electron chi connectivity index (χ1n) is 14.0. The Bertz CT molecular complexity index is 1360. The van der Waals surface area contributed by atoms with Crippen LogP contribution in [0, 0.1) is 13.8 Å². The molecule has 55 heavy (non-hydrogen) atoms. The summed E-state index contributed by atoms with van der Waals surface area (Å²) in [6.45, 7) is 7.68. The van der Waals surface area contributed by atoms with Crippen molar-refractivity contribution in [1.82, 2.24) is 0 Å². The molecule has 0 bridgehead atoms. The van der Waals surface area contributed by atoms with Crippen LogP contribution in [0.1, 0.15) is 38.8 Å². The van der Waals surface area contributed by atoms with Crippen LogP contribution in [0.4, 0.5) is 52.7 Å². The summed E-state index contributed by atoms with van der Waals surface area (Å²) in [6, 6.07) is 20.5. The molecule has 0 aliphatic carbocycles. The number of rotatable bonds is 4. The van der Waals surface area contributed by atoms with Crippen molar-refractivity contribution < 1.29 is 118 Å². The van der Waals surface area contributed by atoms with Crippen molar-refractivity contribution in [1.29, 1.82) is 0 Å². The van der Waals surface area contributed by atoms with E-state index in [1.54, 1.807) is 0 Å². The van der Waals surface area contributed by atoms with Gasteiger partial charge in [0.15, 0.2) is 23.1 Å². The average Bonchev–Trinajstić information content (AvgIpc) is 2.96. The smallest absolute Gasteiger partial charge is 0.869 e. The van der Waals surface area contributed by atoms with Gasteiger partial charge in [0.05, 0.1) is 0 Å². The van der Waals surface area contributed by atoms with Crippen LogP contribution in [-0.4, -0.2) is 47.8 Å². The van der Waals surface area contributed by atoms with Gasteiger partial charge in [-0.05, 0) is 88.9 Å². The number of carbonyl (C=O) groups is 4. The summed E-state index contributed by atoms with van der Waals surface area (Å²) in [7, 11) is 0. The summed E-state index contributed by atoms with van der Waals surface area (Å²) in [4.78, 5) is 39.7. The second-order valence-electron chi connectivity index (χ2n) is 9.78. The second kappa shape index (κ2) is 28.7. The van der Waals surface area contributed by atoms with Crippen molar-refractivity contribution in [3.05, 3.63) is 119 Å². The van der Waals surface area contributed by atoms with Crippen LogP contribution < -0.4 is 20.4 Å². The third-order valence-corrected chi connectivity index (χ3v) is 4.34. The van der Waals surface area contributed by atoms with E-state index in [4.69, 9.17) is 0 Å². The van der Waals surface area contributed by atoms with Gasteiger partial charge in [0.2, 0.25) is 0 Å². The molecule has 0 heterocycles. The van der Waals surface area contributed by atoms with Crippen LogP contribution in [0.3, 0.4) is 0 Å².